The molecule has 1 fully saturated rings. The van der Waals surface area contributed by atoms with E-state index in [1.54, 1.807) is 6.07 Å². The predicted octanol–water partition coefficient (Wildman–Crippen LogP) is 2.69. The minimum absolute atomic E-state index is 0.174. The summed E-state index contributed by atoms with van der Waals surface area (Å²) >= 11 is 0. The maximum absolute atomic E-state index is 13.2. The van der Waals surface area contributed by atoms with E-state index in [2.05, 4.69) is 4.98 Å². The molecule has 3 N–H and O–H groups in total. The summed E-state index contributed by atoms with van der Waals surface area (Å²) in [4.78, 5) is 3.42. The van der Waals surface area contributed by atoms with Crippen molar-refractivity contribution in [3.05, 3.63) is 35.3 Å². The fourth-order valence-electron chi connectivity index (χ4n) is 2.37. The average molecular weight is 218 g/mol. The Morgan fingerprint density at radius 1 is 1.38 bits per heavy atom. The molecule has 0 saturated heterocycles. The number of hydrogen-bond donors (Lipinski definition) is 2. The number of nitrogens with one attached hydrogen (secondary N) is 1. The van der Waals surface area contributed by atoms with Crippen molar-refractivity contribution < 1.29 is 4.39 Å². The molecular formula is C13H15FN2. The predicted molar refractivity (Wildman–Crippen MR) is 63.0 cm³/mol. The largest absolute Gasteiger partial charge is 0.358 e. The molecule has 1 aliphatic rings. The number of halogens is 1. The molecular weight excluding hydrogens is 203 g/mol. The minimum atomic E-state index is -0.174. The van der Waals surface area contributed by atoms with E-state index in [-0.39, 0.29) is 5.82 Å². The standard InChI is InChI=1S/C13H15FN2/c14-9-3-4-12-11(7-9)10(5-6-15)13(16-12)8-1-2-8/h3-4,7-8,16H,1-2,5-6,15H2. The fourth-order valence-corrected chi connectivity index (χ4v) is 2.37. The van der Waals surface area contributed by atoms with Crippen LogP contribution in [0.25, 0.3) is 10.9 Å². The van der Waals surface area contributed by atoms with Gasteiger partial charge in [-0.25, -0.2) is 4.39 Å². The third kappa shape index (κ3) is 1.52. The van der Waals surface area contributed by atoms with Gasteiger partial charge in [-0.15, -0.1) is 0 Å². The number of benzene rings is 1. The smallest absolute Gasteiger partial charge is 0.123 e. The summed E-state index contributed by atoms with van der Waals surface area (Å²) in [5.74, 6) is 0.476. The second-order valence-electron chi connectivity index (χ2n) is 4.52. The number of H-pyrrole nitrogens is 1. The Kier molecular flexibility index (Phi) is 2.21. The SMILES string of the molecule is NCCc1c(C2CC2)[nH]c2ccc(F)cc12. The number of nitrogens with two attached hydrogens (primary N) is 1. The van der Waals surface area contributed by atoms with E-state index in [4.69, 9.17) is 5.73 Å². The molecule has 2 nitrogen and oxygen atoms in total. The van der Waals surface area contributed by atoms with E-state index < -0.39 is 0 Å². The average Bonchev–Trinajstić information content (AvgIpc) is 3.05. The van der Waals surface area contributed by atoms with Gasteiger partial charge in [0.25, 0.3) is 0 Å². The monoisotopic (exact) mass is 218 g/mol. The first-order valence-corrected chi connectivity index (χ1v) is 5.79. The molecule has 16 heavy (non-hydrogen) atoms. The van der Waals surface area contributed by atoms with E-state index in [1.165, 1.54) is 30.2 Å². The van der Waals surface area contributed by atoms with Gasteiger partial charge >= 0.3 is 0 Å². The lowest BCUT2D eigenvalue weighted by Crippen LogP contribution is -2.04. The van der Waals surface area contributed by atoms with Gasteiger partial charge in [-0.1, -0.05) is 0 Å². The Morgan fingerprint density at radius 3 is 2.88 bits per heavy atom. The highest BCUT2D eigenvalue weighted by Crippen LogP contribution is 2.43. The number of hydrogen-bond acceptors (Lipinski definition) is 1. The van der Waals surface area contributed by atoms with Crippen LogP contribution in [-0.4, -0.2) is 11.5 Å². The summed E-state index contributed by atoms with van der Waals surface area (Å²) < 4.78 is 13.2. The highest BCUT2D eigenvalue weighted by atomic mass is 19.1. The first kappa shape index (κ1) is 9.85. The molecule has 0 amide bonds. The summed E-state index contributed by atoms with van der Waals surface area (Å²) in [5.41, 5.74) is 9.17. The molecule has 1 heterocycles. The molecule has 0 atom stereocenters. The van der Waals surface area contributed by atoms with Gasteiger partial charge in [0.05, 0.1) is 0 Å². The molecule has 1 saturated carbocycles. The van der Waals surface area contributed by atoms with Crippen molar-refractivity contribution in [3.63, 3.8) is 0 Å². The molecule has 0 bridgehead atoms. The highest BCUT2D eigenvalue weighted by molar-refractivity contribution is 5.85. The van der Waals surface area contributed by atoms with Crippen LogP contribution in [0.1, 0.15) is 30.0 Å². The molecule has 3 heteroatoms. The van der Waals surface area contributed by atoms with E-state index in [9.17, 15) is 4.39 Å². The zero-order valence-corrected chi connectivity index (χ0v) is 9.09. The highest BCUT2D eigenvalue weighted by Gasteiger charge is 2.28. The van der Waals surface area contributed by atoms with Crippen LogP contribution in [0.4, 0.5) is 4.39 Å². The molecule has 0 spiro atoms. The van der Waals surface area contributed by atoms with Crippen LogP contribution in [0.3, 0.4) is 0 Å². The van der Waals surface area contributed by atoms with Crippen molar-refractivity contribution in [3.8, 4) is 0 Å². The Bertz CT molecular complexity index is 526. The lowest BCUT2D eigenvalue weighted by atomic mass is 10.1. The Morgan fingerprint density at radius 2 is 2.19 bits per heavy atom. The van der Waals surface area contributed by atoms with Crippen LogP contribution < -0.4 is 5.73 Å². The molecule has 0 radical (unpaired) electrons. The van der Waals surface area contributed by atoms with Crippen molar-refractivity contribution in [2.24, 2.45) is 5.73 Å². The third-order valence-electron chi connectivity index (χ3n) is 3.28. The van der Waals surface area contributed by atoms with Crippen molar-refractivity contribution in [2.75, 3.05) is 6.54 Å². The van der Waals surface area contributed by atoms with Gasteiger partial charge in [-0.05, 0) is 55.5 Å². The lowest BCUT2D eigenvalue weighted by molar-refractivity contribution is 0.629. The van der Waals surface area contributed by atoms with E-state index >= 15 is 0 Å². The lowest BCUT2D eigenvalue weighted by Gasteiger charge is -2.01. The van der Waals surface area contributed by atoms with E-state index in [0.717, 1.165) is 17.3 Å². The molecule has 0 aliphatic heterocycles. The van der Waals surface area contributed by atoms with Crippen LogP contribution >= 0.6 is 0 Å². The fraction of sp³-hybridized carbons (Fsp3) is 0.385. The first-order chi connectivity index (χ1) is 7.79. The van der Waals surface area contributed by atoms with Crippen LogP contribution in [0, 0.1) is 5.82 Å². The molecule has 1 aliphatic carbocycles. The number of aromatic amines is 1. The van der Waals surface area contributed by atoms with Gasteiger partial charge in [-0.2, -0.15) is 0 Å². The number of fused-ring (bicyclic) bond motifs is 1. The summed E-state index contributed by atoms with van der Waals surface area (Å²) in [6.07, 6.45) is 3.31. The van der Waals surface area contributed by atoms with Gasteiger partial charge in [-0.3, -0.25) is 0 Å². The van der Waals surface area contributed by atoms with Crippen LogP contribution in [0.5, 0.6) is 0 Å². The van der Waals surface area contributed by atoms with Crippen molar-refractivity contribution in [1.82, 2.24) is 4.98 Å². The second-order valence-corrected chi connectivity index (χ2v) is 4.52. The minimum Gasteiger partial charge on any atom is -0.358 e. The second kappa shape index (κ2) is 3.59. The molecule has 3 rings (SSSR count). The summed E-state index contributed by atoms with van der Waals surface area (Å²) in [7, 11) is 0. The summed E-state index contributed by atoms with van der Waals surface area (Å²) in [5, 5.41) is 1.01. The molecule has 2 aromatic rings. The van der Waals surface area contributed by atoms with Gasteiger partial charge in [0, 0.05) is 16.6 Å². The van der Waals surface area contributed by atoms with Crippen LogP contribution in [-0.2, 0) is 6.42 Å². The molecule has 1 aromatic heterocycles. The summed E-state index contributed by atoms with van der Waals surface area (Å²) in [6.45, 7) is 0.614. The van der Waals surface area contributed by atoms with Gasteiger partial charge in [0.15, 0.2) is 0 Å². The zero-order chi connectivity index (χ0) is 11.1. The quantitative estimate of drug-likeness (QED) is 0.817. The summed E-state index contributed by atoms with van der Waals surface area (Å²) in [6, 6.07) is 4.93. The Balaban J connectivity index is 2.20. The van der Waals surface area contributed by atoms with Gasteiger partial charge in [0.2, 0.25) is 0 Å². The Hall–Kier alpha value is -1.35. The Labute approximate surface area is 93.6 Å². The van der Waals surface area contributed by atoms with Gasteiger partial charge < -0.3 is 10.7 Å². The normalized spacial score (nSPS) is 15.9. The van der Waals surface area contributed by atoms with E-state index in [0.29, 0.717) is 12.5 Å². The van der Waals surface area contributed by atoms with Gasteiger partial charge in [0.1, 0.15) is 5.82 Å². The molecule has 84 valence electrons. The van der Waals surface area contributed by atoms with Crippen molar-refractivity contribution in [2.45, 2.75) is 25.2 Å². The van der Waals surface area contributed by atoms with Crippen molar-refractivity contribution in [1.29, 1.82) is 0 Å². The molecule has 1 aromatic carbocycles. The topological polar surface area (TPSA) is 41.8 Å². The first-order valence-electron chi connectivity index (χ1n) is 5.79. The van der Waals surface area contributed by atoms with Crippen molar-refractivity contribution >= 4 is 10.9 Å². The van der Waals surface area contributed by atoms with Crippen LogP contribution in [0.2, 0.25) is 0 Å². The van der Waals surface area contributed by atoms with Crippen LogP contribution in [0.15, 0.2) is 18.2 Å². The van der Waals surface area contributed by atoms with E-state index in [1.807, 2.05) is 6.07 Å². The maximum atomic E-state index is 13.2. The number of rotatable bonds is 3. The maximum Gasteiger partial charge on any atom is 0.123 e. The number of aromatic nitrogens is 1. The molecule has 0 unspecified atom stereocenters. The zero-order valence-electron chi connectivity index (χ0n) is 9.09. The third-order valence-corrected chi connectivity index (χ3v) is 3.28.